The van der Waals surface area contributed by atoms with E-state index in [-0.39, 0.29) is 12.1 Å². The Morgan fingerprint density at radius 3 is 2.63 bits per heavy atom. The minimum absolute atomic E-state index is 0.183. The number of primary amides is 1. The maximum absolute atomic E-state index is 11.7. The van der Waals surface area contributed by atoms with E-state index in [1.807, 2.05) is 11.0 Å². The van der Waals surface area contributed by atoms with Gasteiger partial charge in [0.15, 0.2) is 0 Å². The van der Waals surface area contributed by atoms with Crippen molar-refractivity contribution in [2.24, 2.45) is 11.7 Å². The average Bonchev–Trinajstić information content (AvgIpc) is 2.79. The molecule has 2 heterocycles. The van der Waals surface area contributed by atoms with E-state index in [0.29, 0.717) is 12.5 Å². The lowest BCUT2D eigenvalue weighted by Crippen LogP contribution is -2.41. The first-order chi connectivity index (χ1) is 9.16. The number of nitrogens with zero attached hydrogens (tertiary/aromatic N) is 2. The molecule has 2 aliphatic rings. The number of hydrogen-bond acceptors (Lipinski definition) is 2. The number of hydrogen-bond donors (Lipinski definition) is 1. The summed E-state index contributed by atoms with van der Waals surface area (Å²) < 4.78 is 0. The minimum Gasteiger partial charge on any atom is -0.351 e. The van der Waals surface area contributed by atoms with Crippen LogP contribution < -0.4 is 5.73 Å². The van der Waals surface area contributed by atoms with E-state index in [9.17, 15) is 4.79 Å². The van der Waals surface area contributed by atoms with Crippen LogP contribution in [0, 0.1) is 5.92 Å². The number of carbonyl (C=O) groups is 1. The first-order valence-electron chi connectivity index (χ1n) is 6.99. The highest BCUT2D eigenvalue weighted by molar-refractivity contribution is 5.74. The van der Waals surface area contributed by atoms with Gasteiger partial charge in [0, 0.05) is 6.54 Å². The zero-order valence-corrected chi connectivity index (χ0v) is 11.4. The molecule has 0 aromatic heterocycles. The smallest absolute Gasteiger partial charge is 0.315 e. The van der Waals surface area contributed by atoms with E-state index in [2.05, 4.69) is 30.1 Å². The lowest BCUT2D eigenvalue weighted by Gasteiger charge is -2.36. The third-order valence-corrected chi connectivity index (χ3v) is 4.54. The summed E-state index contributed by atoms with van der Waals surface area (Å²) in [6, 6.07) is 8.25. The van der Waals surface area contributed by atoms with Gasteiger partial charge in [0.1, 0.15) is 0 Å². The van der Waals surface area contributed by atoms with Crippen LogP contribution in [0.5, 0.6) is 0 Å². The molecule has 1 atom stereocenters. The summed E-state index contributed by atoms with van der Waals surface area (Å²) in [5.74, 6) is 0.535. The molecule has 1 aromatic rings. The summed E-state index contributed by atoms with van der Waals surface area (Å²) in [7, 11) is 2.16. The molecule has 102 valence electrons. The van der Waals surface area contributed by atoms with Gasteiger partial charge in [0.2, 0.25) is 0 Å². The molecule has 3 rings (SSSR count). The number of benzene rings is 1. The number of carbonyl (C=O) groups excluding carboxylic acids is 1. The quantitative estimate of drug-likeness (QED) is 0.838. The number of fused-ring (bicyclic) bond motifs is 1. The molecule has 0 spiro atoms. The molecule has 0 radical (unpaired) electrons. The third-order valence-electron chi connectivity index (χ3n) is 4.54. The maximum atomic E-state index is 11.7. The summed E-state index contributed by atoms with van der Waals surface area (Å²) in [4.78, 5) is 15.9. The molecule has 2 N–H and O–H groups in total. The van der Waals surface area contributed by atoms with E-state index in [1.165, 1.54) is 11.1 Å². The van der Waals surface area contributed by atoms with Gasteiger partial charge in [-0.3, -0.25) is 0 Å². The number of likely N-dealkylation sites (tertiary alicyclic amines) is 1. The molecule has 4 heteroatoms. The monoisotopic (exact) mass is 259 g/mol. The van der Waals surface area contributed by atoms with Crippen LogP contribution in [0.25, 0.3) is 0 Å². The molecular formula is C15H21N3O. The lowest BCUT2D eigenvalue weighted by atomic mass is 9.85. The molecule has 1 aromatic carbocycles. The van der Waals surface area contributed by atoms with Crippen LogP contribution in [-0.2, 0) is 6.54 Å². The van der Waals surface area contributed by atoms with E-state index in [0.717, 1.165) is 25.9 Å². The van der Waals surface area contributed by atoms with Crippen LogP contribution >= 0.6 is 0 Å². The van der Waals surface area contributed by atoms with Gasteiger partial charge in [-0.25, -0.2) is 4.79 Å². The van der Waals surface area contributed by atoms with Crippen molar-refractivity contribution in [3.63, 3.8) is 0 Å². The van der Waals surface area contributed by atoms with Crippen molar-refractivity contribution in [2.45, 2.75) is 25.4 Å². The molecule has 0 aliphatic carbocycles. The predicted molar refractivity (Wildman–Crippen MR) is 74.5 cm³/mol. The van der Waals surface area contributed by atoms with Gasteiger partial charge in [-0.2, -0.15) is 0 Å². The standard InChI is InChI=1S/C15H21N3O/c1-17-8-6-11(7-9-17)14-13-5-3-2-4-12(13)10-18(14)15(16)19/h2-5,11,14H,6-10H2,1H3,(H2,16,19). The summed E-state index contributed by atoms with van der Waals surface area (Å²) >= 11 is 0. The second-order valence-corrected chi connectivity index (χ2v) is 5.75. The Bertz CT molecular complexity index is 480. The predicted octanol–water partition coefficient (Wildman–Crippen LogP) is 1.96. The van der Waals surface area contributed by atoms with Crippen molar-refractivity contribution in [1.82, 2.24) is 9.80 Å². The second-order valence-electron chi connectivity index (χ2n) is 5.75. The van der Waals surface area contributed by atoms with Crippen LogP contribution in [0.1, 0.15) is 30.0 Å². The summed E-state index contributed by atoms with van der Waals surface area (Å²) in [5.41, 5.74) is 8.13. The lowest BCUT2D eigenvalue weighted by molar-refractivity contribution is 0.122. The zero-order valence-electron chi connectivity index (χ0n) is 11.4. The van der Waals surface area contributed by atoms with Gasteiger partial charge >= 0.3 is 6.03 Å². The van der Waals surface area contributed by atoms with E-state index < -0.39 is 0 Å². The first-order valence-corrected chi connectivity index (χ1v) is 6.99. The molecule has 19 heavy (non-hydrogen) atoms. The maximum Gasteiger partial charge on any atom is 0.315 e. The van der Waals surface area contributed by atoms with Gasteiger partial charge in [0.25, 0.3) is 0 Å². The summed E-state index contributed by atoms with van der Waals surface area (Å²) in [6.07, 6.45) is 2.28. The molecule has 0 bridgehead atoms. The highest BCUT2D eigenvalue weighted by Crippen LogP contribution is 2.42. The van der Waals surface area contributed by atoms with Crippen LogP contribution in [0.2, 0.25) is 0 Å². The third kappa shape index (κ3) is 2.21. The Balaban J connectivity index is 1.89. The van der Waals surface area contributed by atoms with E-state index >= 15 is 0 Å². The average molecular weight is 259 g/mol. The van der Waals surface area contributed by atoms with Crippen LogP contribution in [-0.4, -0.2) is 36.0 Å². The molecule has 1 saturated heterocycles. The molecule has 2 aliphatic heterocycles. The fourth-order valence-corrected chi connectivity index (χ4v) is 3.48. The number of rotatable bonds is 1. The van der Waals surface area contributed by atoms with Crippen molar-refractivity contribution >= 4 is 6.03 Å². The largest absolute Gasteiger partial charge is 0.351 e. The Kier molecular flexibility index (Phi) is 3.19. The minimum atomic E-state index is -0.292. The van der Waals surface area contributed by atoms with Gasteiger partial charge in [-0.15, -0.1) is 0 Å². The fourth-order valence-electron chi connectivity index (χ4n) is 3.48. The van der Waals surface area contributed by atoms with E-state index in [4.69, 9.17) is 5.73 Å². The highest BCUT2D eigenvalue weighted by atomic mass is 16.2. The molecule has 1 unspecified atom stereocenters. The summed E-state index contributed by atoms with van der Waals surface area (Å²) in [6.45, 7) is 2.88. The first kappa shape index (κ1) is 12.5. The van der Waals surface area contributed by atoms with Gasteiger partial charge in [-0.1, -0.05) is 24.3 Å². The van der Waals surface area contributed by atoms with Crippen LogP contribution in [0.4, 0.5) is 4.79 Å². The normalized spacial score (nSPS) is 24.5. The molecule has 1 fully saturated rings. The fraction of sp³-hybridized carbons (Fsp3) is 0.533. The topological polar surface area (TPSA) is 49.6 Å². The highest BCUT2D eigenvalue weighted by Gasteiger charge is 2.38. The van der Waals surface area contributed by atoms with Crippen molar-refractivity contribution in [3.8, 4) is 0 Å². The Labute approximate surface area is 114 Å². The Morgan fingerprint density at radius 2 is 1.95 bits per heavy atom. The number of piperidine rings is 1. The number of amides is 2. The molecule has 0 saturated carbocycles. The van der Waals surface area contributed by atoms with Gasteiger partial charge in [0.05, 0.1) is 6.04 Å². The molecular weight excluding hydrogens is 238 g/mol. The zero-order chi connectivity index (χ0) is 13.4. The second kappa shape index (κ2) is 4.85. The van der Waals surface area contributed by atoms with Crippen molar-refractivity contribution in [3.05, 3.63) is 35.4 Å². The van der Waals surface area contributed by atoms with Gasteiger partial charge < -0.3 is 15.5 Å². The van der Waals surface area contributed by atoms with Crippen molar-refractivity contribution in [2.75, 3.05) is 20.1 Å². The number of nitrogens with two attached hydrogens (primary N) is 1. The molecule has 4 nitrogen and oxygen atoms in total. The summed E-state index contributed by atoms with van der Waals surface area (Å²) in [5, 5.41) is 0. The van der Waals surface area contributed by atoms with Gasteiger partial charge in [-0.05, 0) is 50.0 Å². The number of urea groups is 1. The molecule has 2 amide bonds. The Morgan fingerprint density at radius 1 is 1.26 bits per heavy atom. The Hall–Kier alpha value is -1.55. The van der Waals surface area contributed by atoms with E-state index in [1.54, 1.807) is 0 Å². The van der Waals surface area contributed by atoms with Crippen LogP contribution in [0.3, 0.4) is 0 Å². The van der Waals surface area contributed by atoms with Crippen molar-refractivity contribution in [1.29, 1.82) is 0 Å². The SMILES string of the molecule is CN1CCC(C2c3ccccc3CN2C(N)=O)CC1. The van der Waals surface area contributed by atoms with Crippen molar-refractivity contribution < 1.29 is 4.79 Å². The van der Waals surface area contributed by atoms with Crippen LogP contribution in [0.15, 0.2) is 24.3 Å².